The summed E-state index contributed by atoms with van der Waals surface area (Å²) in [4.78, 5) is 27.9. The third-order valence-electron chi connectivity index (χ3n) is 7.99. The van der Waals surface area contributed by atoms with Crippen LogP contribution in [0.1, 0.15) is 87.4 Å². The molecule has 5 heteroatoms. The lowest BCUT2D eigenvalue weighted by Crippen LogP contribution is -2.46. The SMILES string of the molecule is O=C(COC1CCCC(C(=O)c2ccccc2)CC1)NC1CCN(CC2CCCCC2)CC1. The van der Waals surface area contributed by atoms with E-state index in [9.17, 15) is 9.59 Å². The molecule has 0 radical (unpaired) electrons. The highest BCUT2D eigenvalue weighted by Crippen LogP contribution is 2.28. The van der Waals surface area contributed by atoms with Crippen LogP contribution in [0.2, 0.25) is 0 Å². The lowest BCUT2D eigenvalue weighted by Gasteiger charge is -2.35. The molecule has 4 rings (SSSR count). The highest BCUT2D eigenvalue weighted by molar-refractivity contribution is 5.97. The summed E-state index contributed by atoms with van der Waals surface area (Å²) < 4.78 is 5.99. The number of nitrogens with one attached hydrogen (secondary N) is 1. The van der Waals surface area contributed by atoms with E-state index in [1.807, 2.05) is 30.3 Å². The average Bonchev–Trinajstić information content (AvgIpc) is 3.10. The molecule has 1 aromatic rings. The Morgan fingerprint density at radius 1 is 0.848 bits per heavy atom. The van der Waals surface area contributed by atoms with Gasteiger partial charge < -0.3 is 15.0 Å². The predicted octanol–water partition coefficient (Wildman–Crippen LogP) is 5.00. The van der Waals surface area contributed by atoms with E-state index in [0.29, 0.717) is 0 Å². The third kappa shape index (κ3) is 7.65. The molecule has 33 heavy (non-hydrogen) atoms. The van der Waals surface area contributed by atoms with Gasteiger partial charge in [-0.2, -0.15) is 0 Å². The maximum atomic E-state index is 12.8. The Kier molecular flexibility index (Phi) is 9.36. The smallest absolute Gasteiger partial charge is 0.246 e. The molecule has 2 unspecified atom stereocenters. The van der Waals surface area contributed by atoms with Gasteiger partial charge in [-0.15, -0.1) is 0 Å². The molecular formula is C28H42N2O3. The van der Waals surface area contributed by atoms with Gasteiger partial charge in [-0.3, -0.25) is 9.59 Å². The number of Topliss-reactive ketones (excluding diaryl/α,β-unsaturated/α-hetero) is 1. The largest absolute Gasteiger partial charge is 0.368 e. The summed E-state index contributed by atoms with van der Waals surface area (Å²) in [6.45, 7) is 3.59. The number of piperidine rings is 1. The van der Waals surface area contributed by atoms with E-state index in [1.165, 1.54) is 38.6 Å². The van der Waals surface area contributed by atoms with Gasteiger partial charge in [0.15, 0.2) is 5.78 Å². The minimum atomic E-state index is 0.0156. The molecule has 1 amide bonds. The number of ether oxygens (including phenoxy) is 1. The maximum absolute atomic E-state index is 12.8. The van der Waals surface area contributed by atoms with Crippen molar-refractivity contribution in [3.8, 4) is 0 Å². The van der Waals surface area contributed by atoms with Gasteiger partial charge in [0.05, 0.1) is 6.10 Å². The fourth-order valence-electron chi connectivity index (χ4n) is 5.99. The number of hydrogen-bond acceptors (Lipinski definition) is 4. The molecule has 5 nitrogen and oxygen atoms in total. The van der Waals surface area contributed by atoms with E-state index in [4.69, 9.17) is 4.74 Å². The summed E-state index contributed by atoms with van der Waals surface area (Å²) in [7, 11) is 0. The summed E-state index contributed by atoms with van der Waals surface area (Å²) >= 11 is 0. The molecule has 2 saturated carbocycles. The number of rotatable bonds is 8. The zero-order chi connectivity index (χ0) is 22.9. The molecule has 1 saturated heterocycles. The van der Waals surface area contributed by atoms with Crippen LogP contribution in [0.25, 0.3) is 0 Å². The first-order valence-electron chi connectivity index (χ1n) is 13.4. The van der Waals surface area contributed by atoms with Gasteiger partial charge >= 0.3 is 0 Å². The van der Waals surface area contributed by atoms with Crippen molar-refractivity contribution >= 4 is 11.7 Å². The highest BCUT2D eigenvalue weighted by Gasteiger charge is 2.27. The fraction of sp³-hybridized carbons (Fsp3) is 0.714. The van der Waals surface area contributed by atoms with Crippen LogP contribution < -0.4 is 5.32 Å². The van der Waals surface area contributed by atoms with E-state index in [2.05, 4.69) is 10.2 Å². The minimum Gasteiger partial charge on any atom is -0.368 e. The van der Waals surface area contributed by atoms with Crippen molar-refractivity contribution in [2.24, 2.45) is 11.8 Å². The van der Waals surface area contributed by atoms with Crippen molar-refractivity contribution in [1.29, 1.82) is 0 Å². The van der Waals surface area contributed by atoms with Gasteiger partial charge in [0.25, 0.3) is 0 Å². The molecule has 3 fully saturated rings. The van der Waals surface area contributed by atoms with Gasteiger partial charge in [0.1, 0.15) is 6.61 Å². The van der Waals surface area contributed by atoms with Crippen LogP contribution in [0, 0.1) is 11.8 Å². The molecule has 0 bridgehead atoms. The van der Waals surface area contributed by atoms with Gasteiger partial charge in [-0.25, -0.2) is 0 Å². The van der Waals surface area contributed by atoms with Crippen LogP contribution in [-0.2, 0) is 9.53 Å². The summed E-state index contributed by atoms with van der Waals surface area (Å²) in [5, 5.41) is 3.20. The first-order chi connectivity index (χ1) is 16.2. The monoisotopic (exact) mass is 454 g/mol. The van der Waals surface area contributed by atoms with E-state index in [1.54, 1.807) is 0 Å². The maximum Gasteiger partial charge on any atom is 0.246 e. The number of hydrogen-bond donors (Lipinski definition) is 1. The lowest BCUT2D eigenvalue weighted by atomic mass is 9.88. The molecule has 1 heterocycles. The summed E-state index contributed by atoms with van der Waals surface area (Å²) in [5.41, 5.74) is 0.811. The van der Waals surface area contributed by atoms with Crippen molar-refractivity contribution in [2.75, 3.05) is 26.2 Å². The Balaban J connectivity index is 1.11. The Hall–Kier alpha value is -1.72. The van der Waals surface area contributed by atoms with E-state index >= 15 is 0 Å². The number of carbonyl (C=O) groups is 2. The molecule has 1 aromatic carbocycles. The first kappa shape index (κ1) is 24.4. The number of carbonyl (C=O) groups excluding carboxylic acids is 2. The quantitative estimate of drug-likeness (QED) is 0.444. The molecule has 0 aromatic heterocycles. The second-order valence-electron chi connectivity index (χ2n) is 10.5. The molecule has 0 spiro atoms. The van der Waals surface area contributed by atoms with Crippen LogP contribution in [0.5, 0.6) is 0 Å². The average molecular weight is 455 g/mol. The van der Waals surface area contributed by atoms with Gasteiger partial charge in [-0.1, -0.05) is 56.0 Å². The Bertz CT molecular complexity index is 739. The van der Waals surface area contributed by atoms with Crippen molar-refractivity contribution in [1.82, 2.24) is 10.2 Å². The van der Waals surface area contributed by atoms with Crippen molar-refractivity contribution in [2.45, 2.75) is 89.2 Å². The van der Waals surface area contributed by atoms with Crippen LogP contribution in [-0.4, -0.2) is 55.0 Å². The topological polar surface area (TPSA) is 58.6 Å². The number of ketones is 1. The lowest BCUT2D eigenvalue weighted by molar-refractivity contribution is -0.129. The standard InChI is InChI=1S/C28H42N2O3/c31-27(29-25-16-18-30(19-17-25)20-22-8-3-1-4-9-22)21-33-26-13-7-12-24(14-15-26)28(32)23-10-5-2-6-11-23/h2,5-6,10-11,22,24-26H,1,3-4,7-9,12-21H2,(H,29,31). The molecule has 1 aliphatic heterocycles. The van der Waals surface area contributed by atoms with Crippen LogP contribution in [0.3, 0.4) is 0 Å². The zero-order valence-corrected chi connectivity index (χ0v) is 20.2. The number of benzene rings is 1. The normalized spacial score (nSPS) is 25.9. The second-order valence-corrected chi connectivity index (χ2v) is 10.5. The number of likely N-dealkylation sites (tertiary alicyclic amines) is 1. The molecule has 2 aliphatic carbocycles. The molecule has 2 atom stereocenters. The Labute approximate surface area is 199 Å². The minimum absolute atomic E-state index is 0.0156. The molecular weight excluding hydrogens is 412 g/mol. The molecule has 182 valence electrons. The summed E-state index contributed by atoms with van der Waals surface area (Å²) in [6, 6.07) is 9.90. The number of amides is 1. The van der Waals surface area contributed by atoms with Crippen molar-refractivity contribution < 1.29 is 14.3 Å². The summed E-state index contributed by atoms with van der Waals surface area (Å²) in [5.74, 6) is 1.24. The zero-order valence-electron chi connectivity index (χ0n) is 20.2. The first-order valence-corrected chi connectivity index (χ1v) is 13.4. The van der Waals surface area contributed by atoms with E-state index in [-0.39, 0.29) is 36.4 Å². The summed E-state index contributed by atoms with van der Waals surface area (Å²) in [6.07, 6.45) is 13.7. The van der Waals surface area contributed by atoms with Crippen LogP contribution in [0.4, 0.5) is 0 Å². The van der Waals surface area contributed by atoms with Crippen molar-refractivity contribution in [3.63, 3.8) is 0 Å². The van der Waals surface area contributed by atoms with E-state index < -0.39 is 0 Å². The predicted molar refractivity (Wildman–Crippen MR) is 131 cm³/mol. The number of nitrogens with zero attached hydrogens (tertiary/aromatic N) is 1. The van der Waals surface area contributed by atoms with Crippen LogP contribution >= 0.6 is 0 Å². The van der Waals surface area contributed by atoms with Gasteiger partial charge in [-0.05, 0) is 57.3 Å². The van der Waals surface area contributed by atoms with Crippen molar-refractivity contribution in [3.05, 3.63) is 35.9 Å². The second kappa shape index (κ2) is 12.7. The molecule has 1 N–H and O–H groups in total. The van der Waals surface area contributed by atoms with Gasteiger partial charge in [0.2, 0.25) is 5.91 Å². The fourth-order valence-corrected chi connectivity index (χ4v) is 5.99. The van der Waals surface area contributed by atoms with E-state index in [0.717, 1.165) is 69.5 Å². The molecule has 3 aliphatic rings. The van der Waals surface area contributed by atoms with Crippen LogP contribution in [0.15, 0.2) is 30.3 Å². The Morgan fingerprint density at radius 2 is 1.61 bits per heavy atom. The highest BCUT2D eigenvalue weighted by atomic mass is 16.5. The Morgan fingerprint density at radius 3 is 2.36 bits per heavy atom. The van der Waals surface area contributed by atoms with Gasteiger partial charge in [0, 0.05) is 37.2 Å². The third-order valence-corrected chi connectivity index (χ3v) is 7.99.